The molecule has 3 rings (SSSR count). The van der Waals surface area contributed by atoms with Gasteiger partial charge in [-0.05, 0) is 48.2 Å². The zero-order valence-corrected chi connectivity index (χ0v) is 24.1. The normalized spacial score (nSPS) is 23.1. The van der Waals surface area contributed by atoms with Crippen molar-refractivity contribution >= 4 is 0 Å². The van der Waals surface area contributed by atoms with E-state index in [1.54, 1.807) is 21.3 Å². The minimum atomic E-state index is -0.644. The van der Waals surface area contributed by atoms with Crippen molar-refractivity contribution < 1.29 is 37.9 Å². The van der Waals surface area contributed by atoms with E-state index < -0.39 is 18.5 Å². The molecule has 1 saturated heterocycles. The highest BCUT2D eigenvalue weighted by atomic mass is 16.7. The second-order valence-corrected chi connectivity index (χ2v) is 9.64. The van der Waals surface area contributed by atoms with E-state index in [0.29, 0.717) is 33.0 Å². The maximum Gasteiger partial charge on any atom is 0.186 e. The van der Waals surface area contributed by atoms with Gasteiger partial charge in [-0.1, -0.05) is 51.0 Å². The molecule has 2 aromatic carbocycles. The Kier molecular flexibility index (Phi) is 14.0. The molecule has 5 atom stereocenters. The highest BCUT2D eigenvalue weighted by Crippen LogP contribution is 2.31. The van der Waals surface area contributed by atoms with E-state index in [9.17, 15) is 0 Å². The number of ether oxygens (including phenoxy) is 8. The van der Waals surface area contributed by atoms with Crippen LogP contribution >= 0.6 is 0 Å². The first-order chi connectivity index (χ1) is 19.1. The molecule has 8 heteroatoms. The van der Waals surface area contributed by atoms with E-state index in [4.69, 9.17) is 37.9 Å². The Morgan fingerprint density at radius 2 is 1.18 bits per heavy atom. The van der Waals surface area contributed by atoms with Gasteiger partial charge >= 0.3 is 0 Å². The lowest BCUT2D eigenvalue weighted by Gasteiger charge is -2.45. The van der Waals surface area contributed by atoms with Crippen LogP contribution in [0.1, 0.15) is 50.7 Å². The Hall–Kier alpha value is -2.20. The van der Waals surface area contributed by atoms with Crippen LogP contribution in [-0.4, -0.2) is 71.9 Å². The van der Waals surface area contributed by atoms with Gasteiger partial charge in [0.25, 0.3) is 0 Å². The number of hydrogen-bond donors (Lipinski definition) is 0. The molecule has 8 nitrogen and oxygen atoms in total. The van der Waals surface area contributed by atoms with Crippen molar-refractivity contribution in [3.63, 3.8) is 0 Å². The van der Waals surface area contributed by atoms with Gasteiger partial charge in [0.2, 0.25) is 0 Å². The van der Waals surface area contributed by atoms with Gasteiger partial charge < -0.3 is 37.9 Å². The summed E-state index contributed by atoms with van der Waals surface area (Å²) in [5, 5.41) is 0. The first-order valence-corrected chi connectivity index (χ1v) is 14.0. The average Bonchev–Trinajstić information content (AvgIpc) is 2.98. The zero-order chi connectivity index (χ0) is 27.9. The molecular formula is C31H46O8. The van der Waals surface area contributed by atoms with Crippen LogP contribution in [0.4, 0.5) is 0 Å². The van der Waals surface area contributed by atoms with Gasteiger partial charge in [0, 0.05) is 20.3 Å². The van der Waals surface area contributed by atoms with Crippen LogP contribution < -0.4 is 9.47 Å². The topological polar surface area (TPSA) is 73.8 Å². The number of methoxy groups -OCH3 is 3. The second-order valence-electron chi connectivity index (χ2n) is 9.64. The molecule has 0 aromatic heterocycles. The van der Waals surface area contributed by atoms with E-state index in [2.05, 4.69) is 13.8 Å². The number of rotatable bonds is 18. The van der Waals surface area contributed by atoms with Gasteiger partial charge in [0.15, 0.2) is 6.29 Å². The fourth-order valence-electron chi connectivity index (χ4n) is 4.41. The van der Waals surface area contributed by atoms with Crippen molar-refractivity contribution in [3.8, 4) is 11.5 Å². The van der Waals surface area contributed by atoms with E-state index in [-0.39, 0.29) is 12.2 Å². The van der Waals surface area contributed by atoms with Crippen LogP contribution in [0.5, 0.6) is 11.5 Å². The summed E-state index contributed by atoms with van der Waals surface area (Å²) in [4.78, 5) is 0. The van der Waals surface area contributed by atoms with Crippen LogP contribution in [-0.2, 0) is 41.6 Å². The van der Waals surface area contributed by atoms with Crippen molar-refractivity contribution in [1.82, 2.24) is 0 Å². The summed E-state index contributed by atoms with van der Waals surface area (Å²) in [7, 11) is 4.94. The fraction of sp³-hybridized carbons (Fsp3) is 0.613. The molecule has 1 aliphatic rings. The van der Waals surface area contributed by atoms with Crippen molar-refractivity contribution in [3.05, 3.63) is 59.7 Å². The van der Waals surface area contributed by atoms with Crippen molar-refractivity contribution in [2.24, 2.45) is 0 Å². The molecule has 218 valence electrons. The third-order valence-corrected chi connectivity index (χ3v) is 6.76. The molecule has 0 saturated carbocycles. The molecule has 2 unspecified atom stereocenters. The Morgan fingerprint density at radius 1 is 0.641 bits per heavy atom. The van der Waals surface area contributed by atoms with Crippen LogP contribution in [0.3, 0.4) is 0 Å². The third kappa shape index (κ3) is 9.74. The summed E-state index contributed by atoms with van der Waals surface area (Å²) in [6.07, 6.45) is 1.68. The zero-order valence-electron chi connectivity index (χ0n) is 24.1. The number of unbranched alkanes of at least 4 members (excludes halogenated alkanes) is 2. The highest BCUT2D eigenvalue weighted by Gasteiger charge is 2.48. The van der Waals surface area contributed by atoms with E-state index in [1.165, 1.54) is 0 Å². The molecule has 0 radical (unpaired) electrons. The molecule has 39 heavy (non-hydrogen) atoms. The lowest BCUT2D eigenvalue weighted by molar-refractivity contribution is -0.321. The Balaban J connectivity index is 1.82. The maximum absolute atomic E-state index is 6.59. The lowest BCUT2D eigenvalue weighted by atomic mass is 9.98. The Labute approximate surface area is 233 Å². The van der Waals surface area contributed by atoms with E-state index in [0.717, 1.165) is 48.3 Å². The summed E-state index contributed by atoms with van der Waals surface area (Å²) in [5.41, 5.74) is 2.03. The van der Waals surface area contributed by atoms with Crippen molar-refractivity contribution in [1.29, 1.82) is 0 Å². The summed E-state index contributed by atoms with van der Waals surface area (Å²) in [6, 6.07) is 15.7. The fourth-order valence-corrected chi connectivity index (χ4v) is 4.41. The predicted octanol–water partition coefficient (Wildman–Crippen LogP) is 5.55. The molecule has 1 heterocycles. The smallest absolute Gasteiger partial charge is 0.186 e. The number of hydrogen-bond acceptors (Lipinski definition) is 8. The first-order valence-electron chi connectivity index (χ1n) is 14.0. The van der Waals surface area contributed by atoms with Gasteiger partial charge in [-0.2, -0.15) is 0 Å². The largest absolute Gasteiger partial charge is 0.497 e. The third-order valence-electron chi connectivity index (χ3n) is 6.76. The number of benzene rings is 2. The molecule has 1 aliphatic heterocycles. The minimum Gasteiger partial charge on any atom is -0.497 e. The Bertz CT molecular complexity index is 904. The molecule has 0 N–H and O–H groups in total. The first kappa shape index (κ1) is 31.3. The molecular weight excluding hydrogens is 500 g/mol. The highest BCUT2D eigenvalue weighted by molar-refractivity contribution is 5.27. The summed E-state index contributed by atoms with van der Waals surface area (Å²) in [5.74, 6) is 1.60. The Morgan fingerprint density at radius 3 is 1.69 bits per heavy atom. The van der Waals surface area contributed by atoms with Gasteiger partial charge in [0.1, 0.15) is 35.9 Å². The van der Waals surface area contributed by atoms with Gasteiger partial charge in [-0.3, -0.25) is 0 Å². The average molecular weight is 547 g/mol. The SMILES string of the molecule is CCCCOCC1O[C@@H](OC)[C@@H](OCc2ccc(OC)cc2)C(OCc2ccc(OC)cc2)[C@H]1OCCCC. The summed E-state index contributed by atoms with van der Waals surface area (Å²) < 4.78 is 48.2. The van der Waals surface area contributed by atoms with Crippen molar-refractivity contribution in [2.45, 2.75) is 83.5 Å². The predicted molar refractivity (Wildman–Crippen MR) is 149 cm³/mol. The summed E-state index contributed by atoms with van der Waals surface area (Å²) in [6.45, 7) is 6.69. The van der Waals surface area contributed by atoms with Gasteiger partial charge in [0.05, 0.1) is 34.0 Å². The lowest BCUT2D eigenvalue weighted by Crippen LogP contribution is -2.61. The van der Waals surface area contributed by atoms with Crippen LogP contribution in [0, 0.1) is 0 Å². The molecule has 1 fully saturated rings. The quantitative estimate of drug-likeness (QED) is 0.226. The van der Waals surface area contributed by atoms with Crippen molar-refractivity contribution in [2.75, 3.05) is 41.2 Å². The minimum absolute atomic E-state index is 0.356. The molecule has 0 amide bonds. The second kappa shape index (κ2) is 17.5. The van der Waals surface area contributed by atoms with Crippen LogP contribution in [0.25, 0.3) is 0 Å². The van der Waals surface area contributed by atoms with E-state index in [1.807, 2.05) is 48.5 Å². The molecule has 0 spiro atoms. The van der Waals surface area contributed by atoms with Gasteiger partial charge in [-0.25, -0.2) is 0 Å². The van der Waals surface area contributed by atoms with Crippen LogP contribution in [0.2, 0.25) is 0 Å². The standard InChI is InChI=1S/C31H46O8/c1-6-8-18-35-22-27-28(36-19-9-7-2)29(37-20-23-10-14-25(32-3)15-11-23)30(31(34-5)39-27)38-21-24-12-16-26(33-4)17-13-24/h10-17,27-31H,6-9,18-22H2,1-5H3/t27?,28-,29?,30-,31+/m0/s1. The maximum atomic E-state index is 6.59. The molecule has 2 aromatic rings. The monoisotopic (exact) mass is 546 g/mol. The molecule has 0 bridgehead atoms. The molecule has 0 aliphatic carbocycles. The van der Waals surface area contributed by atoms with Gasteiger partial charge in [-0.15, -0.1) is 0 Å². The van der Waals surface area contributed by atoms with E-state index >= 15 is 0 Å². The summed E-state index contributed by atoms with van der Waals surface area (Å²) >= 11 is 0. The van der Waals surface area contributed by atoms with Crippen LogP contribution in [0.15, 0.2) is 48.5 Å².